The van der Waals surface area contributed by atoms with Crippen LogP contribution in [0, 0.1) is 6.92 Å². The minimum absolute atomic E-state index is 0.133. The van der Waals surface area contributed by atoms with Crippen molar-refractivity contribution in [2.75, 3.05) is 25.6 Å². The Bertz CT molecular complexity index is 1220. The molecule has 0 bridgehead atoms. The van der Waals surface area contributed by atoms with E-state index in [2.05, 4.69) is 10.4 Å². The van der Waals surface area contributed by atoms with Crippen LogP contribution in [0.3, 0.4) is 0 Å². The van der Waals surface area contributed by atoms with Gasteiger partial charge in [-0.3, -0.25) is 4.79 Å². The first-order valence-corrected chi connectivity index (χ1v) is 11.3. The van der Waals surface area contributed by atoms with Crippen LogP contribution >= 0.6 is 11.3 Å². The van der Waals surface area contributed by atoms with Crippen LogP contribution < -0.4 is 19.5 Å². The van der Waals surface area contributed by atoms with E-state index in [1.165, 1.54) is 11.3 Å². The Labute approximate surface area is 195 Å². The van der Waals surface area contributed by atoms with E-state index in [1.54, 1.807) is 42.1 Å². The number of carbonyl (C=O) groups excluding carboxylic acids is 1. The van der Waals surface area contributed by atoms with Crippen LogP contribution in [-0.2, 0) is 4.79 Å². The lowest BCUT2D eigenvalue weighted by molar-refractivity contribution is -0.118. The van der Waals surface area contributed by atoms with E-state index in [1.807, 2.05) is 43.5 Å². The first-order valence-electron chi connectivity index (χ1n) is 10.4. The van der Waals surface area contributed by atoms with Gasteiger partial charge >= 0.3 is 0 Å². The number of thiazole rings is 1. The number of hydrogen-bond donors (Lipinski definition) is 1. The van der Waals surface area contributed by atoms with Crippen LogP contribution in [0.15, 0.2) is 60.0 Å². The van der Waals surface area contributed by atoms with Gasteiger partial charge in [0.05, 0.1) is 25.1 Å². The summed E-state index contributed by atoms with van der Waals surface area (Å²) in [7, 11) is 1.60. The average Bonchev–Trinajstić information content (AvgIpc) is 3.45. The molecule has 1 N–H and O–H groups in total. The zero-order valence-corrected chi connectivity index (χ0v) is 19.4. The third kappa shape index (κ3) is 5.50. The predicted octanol–water partition coefficient (Wildman–Crippen LogP) is 4.73. The number of ether oxygens (including phenoxy) is 3. The monoisotopic (exact) mass is 464 g/mol. The Kier molecular flexibility index (Phi) is 6.89. The second-order valence-corrected chi connectivity index (χ2v) is 7.90. The van der Waals surface area contributed by atoms with E-state index in [9.17, 15) is 4.79 Å². The molecule has 0 saturated heterocycles. The maximum absolute atomic E-state index is 12.5. The van der Waals surface area contributed by atoms with Gasteiger partial charge in [-0.2, -0.15) is 9.78 Å². The number of benzene rings is 2. The fourth-order valence-electron chi connectivity index (χ4n) is 3.12. The molecule has 2 aromatic carbocycles. The van der Waals surface area contributed by atoms with Crippen LogP contribution in [-0.4, -0.2) is 41.0 Å². The molecule has 4 rings (SSSR count). The molecular formula is C24H24N4O4S. The van der Waals surface area contributed by atoms with Crippen LogP contribution in [0.1, 0.15) is 12.6 Å². The molecule has 2 aromatic heterocycles. The quantitative estimate of drug-likeness (QED) is 0.385. The van der Waals surface area contributed by atoms with Gasteiger partial charge < -0.3 is 19.5 Å². The maximum atomic E-state index is 12.5. The standard InChI is InChI=1S/C24H24N4O4S/c1-4-31-19-7-5-17(6-8-19)21-15-33-24(25-21)28-22(13-16(2)27-28)26-23(29)14-32-20-11-9-18(30-3)10-12-20/h5-13,15H,4,14H2,1-3H3,(H,26,29). The highest BCUT2D eigenvalue weighted by Crippen LogP contribution is 2.27. The first kappa shape index (κ1) is 22.3. The van der Waals surface area contributed by atoms with E-state index in [0.717, 1.165) is 28.5 Å². The number of carbonyl (C=O) groups is 1. The molecule has 0 radical (unpaired) electrons. The van der Waals surface area contributed by atoms with E-state index in [-0.39, 0.29) is 12.5 Å². The zero-order valence-electron chi connectivity index (χ0n) is 18.6. The Morgan fingerprint density at radius 1 is 1.03 bits per heavy atom. The van der Waals surface area contributed by atoms with Crippen molar-refractivity contribution < 1.29 is 19.0 Å². The van der Waals surface area contributed by atoms with Crippen molar-refractivity contribution in [1.29, 1.82) is 0 Å². The lowest BCUT2D eigenvalue weighted by Crippen LogP contribution is -2.21. The number of hydrogen-bond acceptors (Lipinski definition) is 7. The van der Waals surface area contributed by atoms with Gasteiger partial charge in [0.15, 0.2) is 6.61 Å². The molecule has 8 nitrogen and oxygen atoms in total. The summed E-state index contributed by atoms with van der Waals surface area (Å²) in [6, 6.07) is 16.6. The summed E-state index contributed by atoms with van der Waals surface area (Å²) in [4.78, 5) is 17.2. The summed E-state index contributed by atoms with van der Waals surface area (Å²) in [5.74, 6) is 2.36. The molecule has 0 aliphatic heterocycles. The summed E-state index contributed by atoms with van der Waals surface area (Å²) in [5, 5.41) is 9.96. The Hall–Kier alpha value is -3.85. The summed E-state index contributed by atoms with van der Waals surface area (Å²) in [6.45, 7) is 4.31. The van der Waals surface area contributed by atoms with E-state index in [0.29, 0.717) is 23.3 Å². The minimum atomic E-state index is -0.296. The number of methoxy groups -OCH3 is 1. The molecule has 0 spiro atoms. The summed E-state index contributed by atoms with van der Waals surface area (Å²) >= 11 is 1.44. The van der Waals surface area contributed by atoms with Gasteiger partial charge in [-0.25, -0.2) is 4.98 Å². The lowest BCUT2D eigenvalue weighted by atomic mass is 10.2. The van der Waals surface area contributed by atoms with Gasteiger partial charge in [0, 0.05) is 17.0 Å². The minimum Gasteiger partial charge on any atom is -0.497 e. The molecular weight excluding hydrogens is 440 g/mol. The van der Waals surface area contributed by atoms with Gasteiger partial charge in [-0.15, -0.1) is 11.3 Å². The molecule has 0 saturated carbocycles. The average molecular weight is 465 g/mol. The normalized spacial score (nSPS) is 10.6. The Morgan fingerprint density at radius 3 is 2.39 bits per heavy atom. The van der Waals surface area contributed by atoms with Crippen molar-refractivity contribution in [2.24, 2.45) is 0 Å². The fourth-order valence-corrected chi connectivity index (χ4v) is 3.91. The largest absolute Gasteiger partial charge is 0.497 e. The van der Waals surface area contributed by atoms with Crippen molar-refractivity contribution in [1.82, 2.24) is 14.8 Å². The maximum Gasteiger partial charge on any atom is 0.263 e. The Morgan fingerprint density at radius 2 is 1.70 bits per heavy atom. The number of rotatable bonds is 9. The van der Waals surface area contributed by atoms with Crippen molar-refractivity contribution >= 4 is 23.1 Å². The second-order valence-electron chi connectivity index (χ2n) is 7.07. The summed E-state index contributed by atoms with van der Waals surface area (Å²) in [5.41, 5.74) is 2.56. The van der Waals surface area contributed by atoms with E-state index < -0.39 is 0 Å². The van der Waals surface area contributed by atoms with Gasteiger partial charge in [0.2, 0.25) is 5.13 Å². The molecule has 0 atom stereocenters. The van der Waals surface area contributed by atoms with Crippen LogP contribution in [0.4, 0.5) is 5.82 Å². The molecule has 0 unspecified atom stereocenters. The Balaban J connectivity index is 1.44. The number of anilines is 1. The third-order valence-electron chi connectivity index (χ3n) is 4.66. The topological polar surface area (TPSA) is 87.5 Å². The van der Waals surface area contributed by atoms with Crippen LogP contribution in [0.2, 0.25) is 0 Å². The third-order valence-corrected chi connectivity index (χ3v) is 5.48. The fraction of sp³-hybridized carbons (Fsp3) is 0.208. The smallest absolute Gasteiger partial charge is 0.263 e. The molecule has 4 aromatic rings. The molecule has 9 heteroatoms. The molecule has 33 heavy (non-hydrogen) atoms. The van der Waals surface area contributed by atoms with Crippen LogP contribution in [0.5, 0.6) is 17.2 Å². The van der Waals surface area contributed by atoms with Crippen molar-refractivity contribution in [2.45, 2.75) is 13.8 Å². The van der Waals surface area contributed by atoms with Gasteiger partial charge in [-0.05, 0) is 62.4 Å². The van der Waals surface area contributed by atoms with Crippen molar-refractivity contribution in [3.63, 3.8) is 0 Å². The molecule has 0 fully saturated rings. The predicted molar refractivity (Wildman–Crippen MR) is 128 cm³/mol. The lowest BCUT2D eigenvalue weighted by Gasteiger charge is -2.09. The first-order chi connectivity index (χ1) is 16.1. The molecule has 0 aliphatic carbocycles. The number of amides is 1. The summed E-state index contributed by atoms with van der Waals surface area (Å²) in [6.07, 6.45) is 0. The van der Waals surface area contributed by atoms with Gasteiger partial charge in [0.25, 0.3) is 5.91 Å². The highest BCUT2D eigenvalue weighted by Gasteiger charge is 2.15. The van der Waals surface area contributed by atoms with E-state index in [4.69, 9.17) is 19.2 Å². The molecule has 2 heterocycles. The molecule has 1 amide bonds. The number of nitrogens with one attached hydrogen (secondary N) is 1. The van der Waals surface area contributed by atoms with Crippen molar-refractivity contribution in [3.05, 3.63) is 65.7 Å². The summed E-state index contributed by atoms with van der Waals surface area (Å²) < 4.78 is 17.8. The van der Waals surface area contributed by atoms with Gasteiger partial charge in [-0.1, -0.05) is 0 Å². The van der Waals surface area contributed by atoms with E-state index >= 15 is 0 Å². The molecule has 170 valence electrons. The van der Waals surface area contributed by atoms with Crippen LogP contribution in [0.25, 0.3) is 16.4 Å². The highest BCUT2D eigenvalue weighted by atomic mass is 32.1. The molecule has 0 aliphatic rings. The van der Waals surface area contributed by atoms with Crippen molar-refractivity contribution in [3.8, 4) is 33.6 Å². The number of nitrogens with zero attached hydrogens (tertiary/aromatic N) is 3. The number of aryl methyl sites for hydroxylation is 1. The van der Waals surface area contributed by atoms with Gasteiger partial charge in [0.1, 0.15) is 23.1 Å². The SMILES string of the molecule is CCOc1ccc(-c2csc(-n3nc(C)cc3NC(=O)COc3ccc(OC)cc3)n2)cc1. The highest BCUT2D eigenvalue weighted by molar-refractivity contribution is 7.12. The number of aromatic nitrogens is 3. The second kappa shape index (κ2) is 10.2. The zero-order chi connectivity index (χ0) is 23.2.